The topological polar surface area (TPSA) is 43.8 Å². The highest BCUT2D eigenvalue weighted by molar-refractivity contribution is 6.05. The molecule has 3 nitrogen and oxygen atoms in total. The molecule has 0 aliphatic heterocycles. The van der Waals surface area contributed by atoms with Gasteiger partial charge in [-0.1, -0.05) is 0 Å². The molecule has 0 spiro atoms. The van der Waals surface area contributed by atoms with E-state index in [0.29, 0.717) is 5.69 Å². The first kappa shape index (κ1) is 4.24. The summed E-state index contributed by atoms with van der Waals surface area (Å²) in [7, 11) is 5.10. The summed E-state index contributed by atoms with van der Waals surface area (Å²) in [5.74, 6) is 0. The lowest BCUT2D eigenvalue weighted by molar-refractivity contribution is 0.992. The van der Waals surface area contributed by atoms with Crippen LogP contribution in [0.3, 0.4) is 0 Å². The molecule has 34 valence electrons. The van der Waals surface area contributed by atoms with Crippen molar-refractivity contribution >= 4 is 13.7 Å². The molecule has 1 aromatic rings. The summed E-state index contributed by atoms with van der Waals surface area (Å²) in [5.41, 5.74) is 5.80. The molecule has 0 saturated carbocycles. The van der Waals surface area contributed by atoms with Crippen LogP contribution in [-0.2, 0) is 0 Å². The quantitative estimate of drug-likeness (QED) is 0.435. The van der Waals surface area contributed by atoms with Crippen LogP contribution in [0.25, 0.3) is 0 Å². The lowest BCUT2D eigenvalue weighted by Gasteiger charge is -1.78. The van der Waals surface area contributed by atoms with Crippen molar-refractivity contribution in [2.45, 2.75) is 0 Å². The second kappa shape index (κ2) is 1.29. The lowest BCUT2D eigenvalue weighted by Crippen LogP contribution is -1.88. The first-order chi connectivity index (χ1) is 3.29. The van der Waals surface area contributed by atoms with Crippen molar-refractivity contribution in [2.24, 2.45) is 0 Å². The third kappa shape index (κ3) is 0.736. The van der Waals surface area contributed by atoms with Gasteiger partial charge in [-0.05, 0) is 0 Å². The lowest BCUT2D eigenvalue weighted by atomic mass is 10.4. The SMILES string of the molecule is [B]n1cc(N)cn1. The zero-order chi connectivity index (χ0) is 5.28. The first-order valence-corrected chi connectivity index (χ1v) is 1.84. The van der Waals surface area contributed by atoms with Crippen molar-refractivity contribution < 1.29 is 0 Å². The van der Waals surface area contributed by atoms with Crippen LogP contribution in [0.15, 0.2) is 12.4 Å². The Balaban J connectivity index is 3.04. The van der Waals surface area contributed by atoms with E-state index >= 15 is 0 Å². The molecule has 0 saturated heterocycles. The minimum absolute atomic E-state index is 0.586. The standard InChI is InChI=1S/C3H4BN3/c4-7-2-3(5)1-6-7/h1-2H,5H2. The Bertz CT molecular complexity index is 142. The third-order valence-corrected chi connectivity index (χ3v) is 0.621. The Morgan fingerprint density at radius 3 is 2.71 bits per heavy atom. The largest absolute Gasteiger partial charge is 0.396 e. The minimum Gasteiger partial charge on any atom is -0.396 e. The van der Waals surface area contributed by atoms with Crippen molar-refractivity contribution in [3.05, 3.63) is 12.4 Å². The van der Waals surface area contributed by atoms with Crippen LogP contribution in [0.4, 0.5) is 5.69 Å². The molecule has 0 aliphatic carbocycles. The van der Waals surface area contributed by atoms with Gasteiger partial charge in [0.05, 0.1) is 11.9 Å². The average Bonchev–Trinajstić information content (AvgIpc) is 1.87. The minimum atomic E-state index is 0.586. The van der Waals surface area contributed by atoms with Gasteiger partial charge in [0.2, 0.25) is 0 Å². The zero-order valence-electron chi connectivity index (χ0n) is 3.70. The number of rotatable bonds is 0. The number of nitrogens with zero attached hydrogens (tertiary/aromatic N) is 2. The fraction of sp³-hybridized carbons (Fsp3) is 0. The average molecular weight is 92.9 g/mol. The van der Waals surface area contributed by atoms with E-state index in [9.17, 15) is 0 Å². The van der Waals surface area contributed by atoms with Crippen molar-refractivity contribution in [3.8, 4) is 0 Å². The molecule has 1 aromatic heterocycles. The second-order valence-corrected chi connectivity index (χ2v) is 1.25. The summed E-state index contributed by atoms with van der Waals surface area (Å²) in [6.07, 6.45) is 3.01. The van der Waals surface area contributed by atoms with Gasteiger partial charge in [0, 0.05) is 6.20 Å². The molecule has 2 N–H and O–H groups in total. The molecule has 2 radical (unpaired) electrons. The van der Waals surface area contributed by atoms with Gasteiger partial charge in [-0.2, -0.15) is 5.10 Å². The highest BCUT2D eigenvalue weighted by Crippen LogP contribution is 1.92. The highest BCUT2D eigenvalue weighted by Gasteiger charge is 1.82. The van der Waals surface area contributed by atoms with Crippen molar-refractivity contribution in [3.63, 3.8) is 0 Å². The summed E-state index contributed by atoms with van der Waals surface area (Å²) >= 11 is 0. The Kier molecular flexibility index (Phi) is 0.783. The van der Waals surface area contributed by atoms with Gasteiger partial charge >= 0.3 is 0 Å². The highest BCUT2D eigenvalue weighted by atomic mass is 15.2. The van der Waals surface area contributed by atoms with Gasteiger partial charge in [-0.15, -0.1) is 0 Å². The number of hydrogen-bond acceptors (Lipinski definition) is 2. The van der Waals surface area contributed by atoms with Gasteiger partial charge < -0.3 is 10.3 Å². The van der Waals surface area contributed by atoms with E-state index in [-0.39, 0.29) is 0 Å². The zero-order valence-corrected chi connectivity index (χ0v) is 3.70. The van der Waals surface area contributed by atoms with E-state index < -0.39 is 0 Å². The smallest absolute Gasteiger partial charge is 0.264 e. The maximum Gasteiger partial charge on any atom is 0.264 e. The number of nitrogens with two attached hydrogens (primary N) is 1. The summed E-state index contributed by atoms with van der Waals surface area (Å²) in [6, 6.07) is 0. The van der Waals surface area contributed by atoms with E-state index in [1.54, 1.807) is 0 Å². The van der Waals surface area contributed by atoms with E-state index in [1.165, 1.54) is 12.4 Å². The van der Waals surface area contributed by atoms with Gasteiger partial charge in [0.15, 0.2) is 0 Å². The Morgan fingerprint density at radius 1 is 1.86 bits per heavy atom. The Hall–Kier alpha value is -0.925. The molecular formula is C3H4BN3. The van der Waals surface area contributed by atoms with Crippen LogP contribution in [0.5, 0.6) is 0 Å². The maximum atomic E-state index is 5.22. The Labute approximate surface area is 42.6 Å². The van der Waals surface area contributed by atoms with Gasteiger partial charge in [0.25, 0.3) is 7.98 Å². The predicted molar refractivity (Wildman–Crippen MR) is 27.8 cm³/mol. The molecular weight excluding hydrogens is 88.9 g/mol. The van der Waals surface area contributed by atoms with Crippen LogP contribution < -0.4 is 5.73 Å². The summed E-state index contributed by atoms with van der Waals surface area (Å²) in [6.45, 7) is 0. The van der Waals surface area contributed by atoms with E-state index in [0.717, 1.165) is 4.59 Å². The van der Waals surface area contributed by atoms with E-state index in [2.05, 4.69) is 5.10 Å². The number of aromatic nitrogens is 2. The fourth-order valence-electron chi connectivity index (χ4n) is 0.353. The predicted octanol–water partition coefficient (Wildman–Crippen LogP) is -0.603. The van der Waals surface area contributed by atoms with Gasteiger partial charge in [-0.25, -0.2) is 0 Å². The van der Waals surface area contributed by atoms with Crippen molar-refractivity contribution in [1.82, 2.24) is 9.69 Å². The van der Waals surface area contributed by atoms with Crippen LogP contribution in [0, 0.1) is 0 Å². The number of hydrogen-bond donors (Lipinski definition) is 1. The normalized spacial score (nSPS) is 9.14. The number of nitrogen functional groups attached to an aromatic ring is 1. The molecule has 1 rings (SSSR count). The van der Waals surface area contributed by atoms with Crippen LogP contribution >= 0.6 is 0 Å². The number of anilines is 1. The second-order valence-electron chi connectivity index (χ2n) is 1.25. The van der Waals surface area contributed by atoms with Crippen LogP contribution in [-0.4, -0.2) is 17.7 Å². The summed E-state index contributed by atoms with van der Waals surface area (Å²) in [5, 5.41) is 3.59. The summed E-state index contributed by atoms with van der Waals surface area (Å²) in [4.78, 5) is 0. The molecule has 0 atom stereocenters. The van der Waals surface area contributed by atoms with E-state index in [4.69, 9.17) is 13.7 Å². The molecule has 0 aliphatic rings. The Morgan fingerprint density at radius 2 is 2.57 bits per heavy atom. The van der Waals surface area contributed by atoms with E-state index in [1.807, 2.05) is 0 Å². The summed E-state index contributed by atoms with van der Waals surface area (Å²) < 4.78 is 1.16. The molecule has 4 heteroatoms. The first-order valence-electron chi connectivity index (χ1n) is 1.84. The van der Waals surface area contributed by atoms with Crippen LogP contribution in [0.1, 0.15) is 0 Å². The molecule has 0 aromatic carbocycles. The molecule has 7 heavy (non-hydrogen) atoms. The van der Waals surface area contributed by atoms with Crippen molar-refractivity contribution in [1.29, 1.82) is 0 Å². The van der Waals surface area contributed by atoms with Gasteiger partial charge in [0.1, 0.15) is 0 Å². The molecule has 0 amide bonds. The fourth-order valence-corrected chi connectivity index (χ4v) is 0.353. The maximum absolute atomic E-state index is 5.22. The monoisotopic (exact) mass is 93.0 g/mol. The van der Waals surface area contributed by atoms with Crippen molar-refractivity contribution in [2.75, 3.05) is 5.73 Å². The van der Waals surface area contributed by atoms with Gasteiger partial charge in [-0.3, -0.25) is 0 Å². The molecule has 1 heterocycles. The molecule has 0 bridgehead atoms. The molecule has 0 fully saturated rings. The van der Waals surface area contributed by atoms with Crippen LogP contribution in [0.2, 0.25) is 0 Å². The molecule has 0 unspecified atom stereocenters. The third-order valence-electron chi connectivity index (χ3n) is 0.621.